The van der Waals surface area contributed by atoms with Crippen molar-refractivity contribution in [3.05, 3.63) is 47.3 Å². The van der Waals surface area contributed by atoms with Crippen molar-refractivity contribution in [1.29, 1.82) is 0 Å². The molecule has 1 saturated carbocycles. The number of sulfonamides is 1. The molecule has 0 aliphatic heterocycles. The number of hydrogen-bond acceptors (Lipinski definition) is 3. The highest BCUT2D eigenvalue weighted by Gasteiger charge is 2.47. The maximum Gasteiger partial charge on any atom is 0.434 e. The monoisotopic (exact) mass is 371 g/mol. The lowest BCUT2D eigenvalue weighted by Crippen LogP contribution is -2.52. The summed E-state index contributed by atoms with van der Waals surface area (Å²) in [5, 5.41) is 4.99. The molecule has 2 aliphatic carbocycles. The van der Waals surface area contributed by atoms with E-state index in [1.807, 2.05) is 12.1 Å². The third kappa shape index (κ3) is 2.75. The minimum absolute atomic E-state index is 0.117. The predicted molar refractivity (Wildman–Crippen MR) is 83.3 cm³/mol. The van der Waals surface area contributed by atoms with Crippen LogP contribution >= 0.6 is 0 Å². The Morgan fingerprint density at radius 1 is 1.24 bits per heavy atom. The lowest BCUT2D eigenvalue weighted by molar-refractivity contribution is -0.143. The fourth-order valence-corrected chi connectivity index (χ4v) is 5.41. The maximum absolute atomic E-state index is 12.9. The average Bonchev–Trinajstić information content (AvgIpc) is 3.03. The van der Waals surface area contributed by atoms with Crippen LogP contribution < -0.4 is 4.72 Å². The number of hydrogen-bond donors (Lipinski definition) is 2. The summed E-state index contributed by atoms with van der Waals surface area (Å²) in [6, 6.07) is 7.72. The van der Waals surface area contributed by atoms with Crippen LogP contribution in [0.5, 0.6) is 0 Å². The summed E-state index contributed by atoms with van der Waals surface area (Å²) in [6.45, 7) is 0. The fraction of sp³-hybridized carbons (Fsp3) is 0.438. The third-order valence-electron chi connectivity index (χ3n) is 5.23. The Bertz CT molecular complexity index is 907. The zero-order valence-electron chi connectivity index (χ0n) is 13.0. The molecule has 3 atom stereocenters. The van der Waals surface area contributed by atoms with Crippen molar-refractivity contribution in [3.8, 4) is 0 Å². The van der Waals surface area contributed by atoms with Gasteiger partial charge in [-0.2, -0.15) is 18.3 Å². The molecule has 0 spiro atoms. The fourth-order valence-electron chi connectivity index (χ4n) is 3.99. The minimum Gasteiger partial charge on any atom is -0.272 e. The van der Waals surface area contributed by atoms with Crippen LogP contribution in [0, 0.1) is 5.92 Å². The lowest BCUT2D eigenvalue weighted by atomic mass is 9.60. The quantitative estimate of drug-likeness (QED) is 0.871. The van der Waals surface area contributed by atoms with Crippen LogP contribution in [-0.2, 0) is 22.6 Å². The second kappa shape index (κ2) is 5.57. The van der Waals surface area contributed by atoms with E-state index in [0.29, 0.717) is 12.6 Å². The number of aromatic amines is 1. The number of halogens is 3. The van der Waals surface area contributed by atoms with Gasteiger partial charge in [-0.3, -0.25) is 5.10 Å². The summed E-state index contributed by atoms with van der Waals surface area (Å²) in [7, 11) is -4.28. The van der Waals surface area contributed by atoms with Crippen molar-refractivity contribution in [3.63, 3.8) is 0 Å². The number of aryl methyl sites for hydroxylation is 1. The van der Waals surface area contributed by atoms with Gasteiger partial charge in [-0.25, -0.2) is 13.1 Å². The van der Waals surface area contributed by atoms with Gasteiger partial charge in [-0.1, -0.05) is 24.3 Å². The van der Waals surface area contributed by atoms with Crippen molar-refractivity contribution < 1.29 is 21.6 Å². The molecule has 25 heavy (non-hydrogen) atoms. The summed E-state index contributed by atoms with van der Waals surface area (Å²) in [6.07, 6.45) is -1.81. The van der Waals surface area contributed by atoms with Gasteiger partial charge in [0.15, 0.2) is 5.69 Å². The van der Waals surface area contributed by atoms with Crippen LogP contribution in [0.25, 0.3) is 0 Å². The second-order valence-corrected chi connectivity index (χ2v) is 8.26. The van der Waals surface area contributed by atoms with Crippen molar-refractivity contribution in [2.45, 2.75) is 42.3 Å². The molecule has 9 heteroatoms. The maximum atomic E-state index is 12.9. The van der Waals surface area contributed by atoms with Gasteiger partial charge in [0, 0.05) is 6.04 Å². The Morgan fingerprint density at radius 3 is 2.76 bits per heavy atom. The van der Waals surface area contributed by atoms with Crippen molar-refractivity contribution in [2.24, 2.45) is 5.92 Å². The molecule has 1 aromatic carbocycles. The largest absolute Gasteiger partial charge is 0.434 e. The van der Waals surface area contributed by atoms with E-state index in [2.05, 4.69) is 22.0 Å². The Balaban J connectivity index is 1.54. The van der Waals surface area contributed by atoms with Crippen LogP contribution in [0.15, 0.2) is 35.4 Å². The molecule has 0 saturated heterocycles. The van der Waals surface area contributed by atoms with Gasteiger partial charge in [0.1, 0.15) is 4.90 Å². The molecule has 1 fully saturated rings. The summed E-state index contributed by atoms with van der Waals surface area (Å²) >= 11 is 0. The lowest BCUT2D eigenvalue weighted by Gasteiger charge is -2.48. The number of benzene rings is 1. The molecule has 4 rings (SSSR count). The highest BCUT2D eigenvalue weighted by atomic mass is 32.2. The summed E-state index contributed by atoms with van der Waals surface area (Å²) in [5.74, 6) is 0.384. The van der Waals surface area contributed by atoms with E-state index in [9.17, 15) is 21.6 Å². The molecule has 134 valence electrons. The van der Waals surface area contributed by atoms with E-state index in [-0.39, 0.29) is 17.9 Å². The van der Waals surface area contributed by atoms with Crippen LogP contribution in [0.4, 0.5) is 13.2 Å². The van der Waals surface area contributed by atoms with Gasteiger partial charge < -0.3 is 0 Å². The van der Waals surface area contributed by atoms with Gasteiger partial charge in [0.05, 0.1) is 6.20 Å². The number of nitrogens with zero attached hydrogens (tertiary/aromatic N) is 1. The van der Waals surface area contributed by atoms with Gasteiger partial charge in [-0.15, -0.1) is 0 Å². The summed E-state index contributed by atoms with van der Waals surface area (Å²) in [5.41, 5.74) is 1.16. The topological polar surface area (TPSA) is 74.8 Å². The number of alkyl halides is 3. The first-order valence-corrected chi connectivity index (χ1v) is 9.46. The molecular formula is C16H16F3N3O2S. The van der Waals surface area contributed by atoms with Crippen LogP contribution in [0.2, 0.25) is 0 Å². The third-order valence-corrected chi connectivity index (χ3v) is 6.73. The van der Waals surface area contributed by atoms with E-state index >= 15 is 0 Å². The SMILES string of the molecule is O=S(=O)(NC1CC2c3ccccc3CCC12)c1cn[nH]c1C(F)(F)F. The molecular weight excluding hydrogens is 355 g/mol. The molecule has 0 amide bonds. The highest BCUT2D eigenvalue weighted by molar-refractivity contribution is 7.89. The Morgan fingerprint density at radius 2 is 2.00 bits per heavy atom. The summed E-state index contributed by atoms with van der Waals surface area (Å²) in [4.78, 5) is -0.848. The van der Waals surface area contributed by atoms with Gasteiger partial charge >= 0.3 is 6.18 Å². The number of H-pyrrole nitrogens is 1. The van der Waals surface area contributed by atoms with Gasteiger partial charge in [0.25, 0.3) is 0 Å². The zero-order chi connectivity index (χ0) is 17.8. The predicted octanol–water partition coefficient (Wildman–Crippen LogP) is 2.83. The van der Waals surface area contributed by atoms with Crippen molar-refractivity contribution in [2.75, 3.05) is 0 Å². The van der Waals surface area contributed by atoms with E-state index in [1.54, 1.807) is 5.10 Å². The minimum atomic E-state index is -4.80. The summed E-state index contributed by atoms with van der Waals surface area (Å²) < 4.78 is 66.0. The number of rotatable bonds is 3. The first-order chi connectivity index (χ1) is 11.8. The Kier molecular flexibility index (Phi) is 3.69. The molecule has 3 unspecified atom stereocenters. The van der Waals surface area contributed by atoms with Gasteiger partial charge in [0.2, 0.25) is 10.0 Å². The molecule has 5 nitrogen and oxygen atoms in total. The van der Waals surface area contributed by atoms with Crippen LogP contribution in [-0.4, -0.2) is 24.7 Å². The van der Waals surface area contributed by atoms with Crippen molar-refractivity contribution in [1.82, 2.24) is 14.9 Å². The normalized spacial score (nSPS) is 25.8. The molecule has 1 aromatic heterocycles. The van der Waals surface area contributed by atoms with Crippen molar-refractivity contribution >= 4 is 10.0 Å². The standard InChI is InChI=1S/C16H16F3N3O2S/c17-16(18,19)15-14(8-20-21-15)25(23,24)22-13-7-12-10-4-2-1-3-9(10)5-6-11(12)13/h1-4,8,11-13,22H,5-7H2,(H,20,21). The number of aromatic nitrogens is 2. The number of nitrogens with one attached hydrogen (secondary N) is 2. The van der Waals surface area contributed by atoms with Crippen LogP contribution in [0.1, 0.15) is 35.6 Å². The van der Waals surface area contributed by atoms with E-state index < -0.39 is 26.8 Å². The second-order valence-electron chi connectivity index (χ2n) is 6.58. The molecule has 2 aliphatic rings. The molecule has 1 heterocycles. The smallest absolute Gasteiger partial charge is 0.272 e. The van der Waals surface area contributed by atoms with E-state index in [1.165, 1.54) is 11.1 Å². The Labute approximate surface area is 142 Å². The molecule has 0 bridgehead atoms. The van der Waals surface area contributed by atoms with E-state index in [0.717, 1.165) is 12.8 Å². The van der Waals surface area contributed by atoms with Crippen LogP contribution in [0.3, 0.4) is 0 Å². The van der Waals surface area contributed by atoms with E-state index in [4.69, 9.17) is 0 Å². The molecule has 2 N–H and O–H groups in total. The van der Waals surface area contributed by atoms with Gasteiger partial charge in [-0.05, 0) is 42.2 Å². The molecule has 2 aromatic rings. The highest BCUT2D eigenvalue weighted by Crippen LogP contribution is 2.50. The average molecular weight is 371 g/mol. The Hall–Kier alpha value is -1.87. The first-order valence-electron chi connectivity index (χ1n) is 7.98. The first kappa shape index (κ1) is 16.6. The number of fused-ring (bicyclic) bond motifs is 3. The zero-order valence-corrected chi connectivity index (χ0v) is 13.9. The molecule has 0 radical (unpaired) electrons.